The third-order valence-electron chi connectivity index (χ3n) is 2.70. The van der Waals surface area contributed by atoms with Gasteiger partial charge in [-0.1, -0.05) is 32.9 Å². The second-order valence-electron chi connectivity index (χ2n) is 4.33. The van der Waals surface area contributed by atoms with Gasteiger partial charge in [0.1, 0.15) is 5.82 Å². The van der Waals surface area contributed by atoms with Crippen molar-refractivity contribution in [2.75, 3.05) is 6.54 Å². The van der Waals surface area contributed by atoms with Gasteiger partial charge in [-0.2, -0.15) is 0 Å². The van der Waals surface area contributed by atoms with Crippen LogP contribution in [0.2, 0.25) is 0 Å². The monoisotopic (exact) mass is 241 g/mol. The van der Waals surface area contributed by atoms with Crippen molar-refractivity contribution in [3.8, 4) is 0 Å². The molecule has 1 rings (SSSR count). The van der Waals surface area contributed by atoms with Gasteiger partial charge < -0.3 is 5.73 Å². The van der Waals surface area contributed by atoms with E-state index in [9.17, 15) is 4.39 Å². The summed E-state index contributed by atoms with van der Waals surface area (Å²) in [6.07, 6.45) is 0.741. The summed E-state index contributed by atoms with van der Waals surface area (Å²) in [7, 11) is 0. The lowest BCUT2D eigenvalue weighted by Crippen LogP contribution is -2.09. The van der Waals surface area contributed by atoms with Crippen molar-refractivity contribution in [3.05, 3.63) is 29.6 Å². The van der Waals surface area contributed by atoms with E-state index in [-0.39, 0.29) is 5.82 Å². The highest BCUT2D eigenvalue weighted by Gasteiger charge is 2.14. The third-order valence-corrected chi connectivity index (χ3v) is 4.31. The Labute approximate surface area is 102 Å². The van der Waals surface area contributed by atoms with Crippen LogP contribution in [0.4, 0.5) is 4.39 Å². The molecule has 1 unspecified atom stereocenters. The van der Waals surface area contributed by atoms with Gasteiger partial charge in [0.2, 0.25) is 0 Å². The Morgan fingerprint density at radius 2 is 2.00 bits per heavy atom. The van der Waals surface area contributed by atoms with Crippen molar-refractivity contribution in [2.24, 2.45) is 11.7 Å². The summed E-state index contributed by atoms with van der Waals surface area (Å²) in [5, 5.41) is 0.411. The van der Waals surface area contributed by atoms with Crippen molar-refractivity contribution >= 4 is 11.8 Å². The van der Waals surface area contributed by atoms with Crippen molar-refractivity contribution in [1.29, 1.82) is 0 Å². The Morgan fingerprint density at radius 1 is 1.31 bits per heavy atom. The minimum atomic E-state index is -0.122. The van der Waals surface area contributed by atoms with Gasteiger partial charge in [0.05, 0.1) is 0 Å². The second kappa shape index (κ2) is 6.26. The molecule has 0 aliphatic heterocycles. The largest absolute Gasteiger partial charge is 0.330 e. The first kappa shape index (κ1) is 13.5. The van der Waals surface area contributed by atoms with Crippen LogP contribution < -0.4 is 5.73 Å². The van der Waals surface area contributed by atoms with Crippen molar-refractivity contribution in [1.82, 2.24) is 0 Å². The Kier molecular flexibility index (Phi) is 5.29. The summed E-state index contributed by atoms with van der Waals surface area (Å²) in [6.45, 7) is 7.00. The molecule has 1 aromatic rings. The SMILES string of the molecule is CC(C)C(C)Sc1c(F)cccc1CCN. The lowest BCUT2D eigenvalue weighted by atomic mass is 10.1. The van der Waals surface area contributed by atoms with E-state index in [2.05, 4.69) is 20.8 Å². The fourth-order valence-corrected chi connectivity index (χ4v) is 2.51. The molecule has 16 heavy (non-hydrogen) atoms. The fourth-order valence-electron chi connectivity index (χ4n) is 1.36. The molecule has 90 valence electrons. The average molecular weight is 241 g/mol. The zero-order valence-corrected chi connectivity index (χ0v) is 11.0. The predicted octanol–water partition coefficient (Wildman–Crippen LogP) is 3.46. The summed E-state index contributed by atoms with van der Waals surface area (Å²) >= 11 is 1.61. The first-order valence-corrected chi connectivity index (χ1v) is 6.58. The van der Waals surface area contributed by atoms with Crippen LogP contribution in [-0.4, -0.2) is 11.8 Å². The maximum Gasteiger partial charge on any atom is 0.137 e. The summed E-state index contributed by atoms with van der Waals surface area (Å²) < 4.78 is 13.7. The van der Waals surface area contributed by atoms with Crippen LogP contribution >= 0.6 is 11.8 Å². The zero-order chi connectivity index (χ0) is 12.1. The van der Waals surface area contributed by atoms with E-state index >= 15 is 0 Å². The lowest BCUT2D eigenvalue weighted by molar-refractivity contribution is 0.592. The Bertz CT molecular complexity index is 339. The molecule has 1 aromatic carbocycles. The fraction of sp³-hybridized carbons (Fsp3) is 0.538. The van der Waals surface area contributed by atoms with Crippen molar-refractivity contribution in [2.45, 2.75) is 37.3 Å². The molecule has 0 heterocycles. The van der Waals surface area contributed by atoms with Gasteiger partial charge in [-0.15, -0.1) is 11.8 Å². The van der Waals surface area contributed by atoms with E-state index in [0.29, 0.717) is 17.7 Å². The highest BCUT2D eigenvalue weighted by Crippen LogP contribution is 2.32. The predicted molar refractivity (Wildman–Crippen MR) is 69.3 cm³/mol. The number of nitrogens with two attached hydrogens (primary N) is 1. The number of benzene rings is 1. The number of hydrogen-bond donors (Lipinski definition) is 1. The molecule has 2 N–H and O–H groups in total. The highest BCUT2D eigenvalue weighted by molar-refractivity contribution is 8.00. The molecule has 0 saturated carbocycles. The Hall–Kier alpha value is -0.540. The quantitative estimate of drug-likeness (QED) is 0.799. The number of halogens is 1. The van der Waals surface area contributed by atoms with Crippen LogP contribution in [0.25, 0.3) is 0 Å². The number of rotatable bonds is 5. The van der Waals surface area contributed by atoms with Crippen LogP contribution in [-0.2, 0) is 6.42 Å². The highest BCUT2D eigenvalue weighted by atomic mass is 32.2. The lowest BCUT2D eigenvalue weighted by Gasteiger charge is -2.17. The molecular formula is C13H20FNS. The van der Waals surface area contributed by atoms with Crippen LogP contribution in [0, 0.1) is 11.7 Å². The first-order valence-electron chi connectivity index (χ1n) is 5.70. The van der Waals surface area contributed by atoms with Gasteiger partial charge in [-0.3, -0.25) is 0 Å². The van der Waals surface area contributed by atoms with Crippen LogP contribution in [0.1, 0.15) is 26.3 Å². The molecule has 3 heteroatoms. The van der Waals surface area contributed by atoms with Gasteiger partial charge in [0.25, 0.3) is 0 Å². The minimum Gasteiger partial charge on any atom is -0.330 e. The molecule has 0 aliphatic carbocycles. The third kappa shape index (κ3) is 3.49. The molecule has 0 bridgehead atoms. The van der Waals surface area contributed by atoms with E-state index < -0.39 is 0 Å². The van der Waals surface area contributed by atoms with E-state index in [1.54, 1.807) is 17.8 Å². The van der Waals surface area contributed by atoms with E-state index in [0.717, 1.165) is 16.9 Å². The van der Waals surface area contributed by atoms with Crippen molar-refractivity contribution < 1.29 is 4.39 Å². The van der Waals surface area contributed by atoms with Gasteiger partial charge in [-0.25, -0.2) is 4.39 Å². The topological polar surface area (TPSA) is 26.0 Å². The summed E-state index contributed by atoms with van der Waals surface area (Å²) in [5.41, 5.74) is 6.57. The molecule has 1 nitrogen and oxygen atoms in total. The van der Waals surface area contributed by atoms with Crippen LogP contribution in [0.15, 0.2) is 23.1 Å². The Morgan fingerprint density at radius 3 is 2.56 bits per heavy atom. The first-order chi connectivity index (χ1) is 7.56. The summed E-state index contributed by atoms with van der Waals surface area (Å²) in [5.74, 6) is 0.416. The van der Waals surface area contributed by atoms with E-state index in [1.807, 2.05) is 6.07 Å². The van der Waals surface area contributed by atoms with Crippen LogP contribution in [0.3, 0.4) is 0 Å². The number of hydrogen-bond acceptors (Lipinski definition) is 2. The molecule has 0 radical (unpaired) electrons. The molecule has 0 saturated heterocycles. The maximum absolute atomic E-state index is 13.7. The molecular weight excluding hydrogens is 221 g/mol. The standard InChI is InChI=1S/C13H20FNS/c1-9(2)10(3)16-13-11(7-8-15)5-4-6-12(13)14/h4-6,9-10H,7-8,15H2,1-3H3. The molecule has 0 spiro atoms. The van der Waals surface area contributed by atoms with Gasteiger partial charge in [-0.05, 0) is 30.5 Å². The zero-order valence-electron chi connectivity index (χ0n) is 10.2. The maximum atomic E-state index is 13.7. The summed E-state index contributed by atoms with van der Waals surface area (Å²) in [4.78, 5) is 0.772. The Balaban J connectivity index is 2.91. The van der Waals surface area contributed by atoms with E-state index in [1.165, 1.54) is 6.07 Å². The second-order valence-corrected chi connectivity index (χ2v) is 5.72. The molecule has 0 aliphatic rings. The van der Waals surface area contributed by atoms with Crippen LogP contribution in [0.5, 0.6) is 0 Å². The smallest absolute Gasteiger partial charge is 0.137 e. The van der Waals surface area contributed by atoms with E-state index in [4.69, 9.17) is 5.73 Å². The molecule has 0 aromatic heterocycles. The average Bonchev–Trinajstić information content (AvgIpc) is 2.23. The molecule has 0 amide bonds. The number of thioether (sulfide) groups is 1. The molecule has 1 atom stereocenters. The summed E-state index contributed by atoms with van der Waals surface area (Å²) in [6, 6.07) is 5.24. The minimum absolute atomic E-state index is 0.122. The normalized spacial score (nSPS) is 13.1. The van der Waals surface area contributed by atoms with Crippen molar-refractivity contribution in [3.63, 3.8) is 0 Å². The van der Waals surface area contributed by atoms with Gasteiger partial charge in [0.15, 0.2) is 0 Å². The van der Waals surface area contributed by atoms with Gasteiger partial charge >= 0.3 is 0 Å². The van der Waals surface area contributed by atoms with Gasteiger partial charge in [0, 0.05) is 10.1 Å². The molecule has 0 fully saturated rings.